The highest BCUT2D eigenvalue weighted by Crippen LogP contribution is 2.64. The Morgan fingerprint density at radius 2 is 0.818 bits per heavy atom. The van der Waals surface area contributed by atoms with Crippen LogP contribution in [-0.2, 0) is 9.53 Å². The Morgan fingerprint density at radius 1 is 0.545 bits per heavy atom. The molecule has 0 aromatic rings. The summed E-state index contributed by atoms with van der Waals surface area (Å²) in [5, 5.41) is 0. The van der Waals surface area contributed by atoms with Gasteiger partial charge in [0.15, 0.2) is 0 Å². The zero-order chi connectivity index (χ0) is 27.5. The van der Waals surface area contributed by atoms with Gasteiger partial charge in [-0.25, -0.2) is 4.79 Å². The molecule has 0 fully saturated rings. The highest BCUT2D eigenvalue weighted by atomic mass is 19.4. The van der Waals surface area contributed by atoms with E-state index in [1.165, 1.54) is 0 Å². The minimum absolute atomic E-state index is 0.524. The van der Waals surface area contributed by atoms with Crippen molar-refractivity contribution in [2.45, 2.75) is 80.4 Å². The number of halogens is 17. The number of rotatable bonds is 9. The molecule has 0 spiro atoms. The van der Waals surface area contributed by atoms with E-state index in [9.17, 15) is 79.4 Å². The predicted octanol–water partition coefficient (Wildman–Crippen LogP) is 6.73. The van der Waals surface area contributed by atoms with E-state index in [1.807, 2.05) is 0 Å². The molecule has 0 aliphatic rings. The third kappa shape index (κ3) is 4.27. The molecule has 0 N–H and O–H groups in total. The Kier molecular flexibility index (Phi) is 7.50. The van der Waals surface area contributed by atoms with Crippen LogP contribution in [0.3, 0.4) is 0 Å². The fourth-order valence-corrected chi connectivity index (χ4v) is 1.68. The van der Waals surface area contributed by atoms with Gasteiger partial charge < -0.3 is 4.74 Å². The predicted molar refractivity (Wildman–Crippen MR) is 71.1 cm³/mol. The van der Waals surface area contributed by atoms with Crippen LogP contribution in [-0.4, -0.2) is 59.2 Å². The molecule has 0 radical (unpaired) electrons. The molecule has 33 heavy (non-hydrogen) atoms. The Hall–Kier alpha value is -1.72. The van der Waals surface area contributed by atoms with Gasteiger partial charge in [0.25, 0.3) is 0 Å². The molecule has 0 saturated heterocycles. The second-order valence-electron chi connectivity index (χ2n) is 7.02. The lowest BCUT2D eigenvalue weighted by Gasteiger charge is -2.42. The summed E-state index contributed by atoms with van der Waals surface area (Å²) < 4.78 is 226. The first-order chi connectivity index (χ1) is 13.9. The molecule has 0 aromatic carbocycles. The molecule has 0 aliphatic heterocycles. The number of carbonyl (C=O) groups excluding carboxylic acids is 1. The van der Waals surface area contributed by atoms with E-state index >= 15 is 0 Å². The van der Waals surface area contributed by atoms with Crippen molar-refractivity contribution >= 4 is 5.97 Å². The molecule has 0 aromatic heterocycles. The van der Waals surface area contributed by atoms with Crippen molar-refractivity contribution in [3.63, 3.8) is 0 Å². The van der Waals surface area contributed by atoms with Crippen LogP contribution in [0.4, 0.5) is 74.6 Å². The fourth-order valence-electron chi connectivity index (χ4n) is 1.68. The van der Waals surface area contributed by atoms with E-state index in [-0.39, 0.29) is 0 Å². The molecule has 198 valence electrons. The van der Waals surface area contributed by atoms with Gasteiger partial charge in [0.1, 0.15) is 5.60 Å². The molecule has 0 rings (SSSR count). The van der Waals surface area contributed by atoms with Gasteiger partial charge in [-0.05, 0) is 20.3 Å². The van der Waals surface area contributed by atoms with Crippen molar-refractivity contribution in [1.82, 2.24) is 0 Å². The average Bonchev–Trinajstić information content (AvgIpc) is 2.59. The molecule has 0 saturated carbocycles. The number of ether oxygens (including phenoxy) is 1. The standard InChI is InChI=1S/C14H11F17O2/c1-4-6(2,3)33-5(32)7(15,16)8(17,18)9(19,20)10(21,22)11(23,24)12(25,26)13(27,28)14(29,30)31/h4H2,1-3H3. The van der Waals surface area contributed by atoms with Gasteiger partial charge in [-0.1, -0.05) is 6.92 Å². The summed E-state index contributed by atoms with van der Waals surface area (Å²) in [7, 11) is 0. The topological polar surface area (TPSA) is 26.3 Å². The largest absolute Gasteiger partial charge is 0.460 e. The monoisotopic (exact) mass is 534 g/mol. The van der Waals surface area contributed by atoms with Gasteiger partial charge >= 0.3 is 53.6 Å². The van der Waals surface area contributed by atoms with Crippen LogP contribution in [0.2, 0.25) is 0 Å². The van der Waals surface area contributed by atoms with Crippen molar-refractivity contribution in [3.8, 4) is 0 Å². The first kappa shape index (κ1) is 31.3. The number of alkyl halides is 17. The molecule has 0 heterocycles. The summed E-state index contributed by atoms with van der Waals surface area (Å²) in [6, 6.07) is 0. The van der Waals surface area contributed by atoms with Crippen LogP contribution in [0.1, 0.15) is 27.2 Å². The molecule has 0 bridgehead atoms. The quantitative estimate of drug-likeness (QED) is 0.243. The highest BCUT2D eigenvalue weighted by molar-refractivity contribution is 5.79. The molecular weight excluding hydrogens is 523 g/mol. The molecule has 2 nitrogen and oxygen atoms in total. The zero-order valence-corrected chi connectivity index (χ0v) is 15.9. The van der Waals surface area contributed by atoms with Crippen LogP contribution >= 0.6 is 0 Å². The first-order valence-electron chi connectivity index (χ1n) is 7.89. The third-order valence-corrected chi connectivity index (χ3v) is 4.20. The van der Waals surface area contributed by atoms with Crippen molar-refractivity contribution in [2.24, 2.45) is 0 Å². The van der Waals surface area contributed by atoms with Crippen LogP contribution in [0.5, 0.6) is 0 Å². The molecule has 0 unspecified atom stereocenters. The maximum absolute atomic E-state index is 13.6. The minimum atomic E-state index is -8.74. The number of hydrogen-bond acceptors (Lipinski definition) is 2. The SMILES string of the molecule is CCC(C)(C)OC(=O)C(F)(F)C(F)(F)C(F)(F)C(F)(F)C(F)(F)C(F)(F)C(F)(F)C(F)(F)F. The van der Waals surface area contributed by atoms with Crippen molar-refractivity contribution in [3.05, 3.63) is 0 Å². The molecule has 0 aliphatic carbocycles. The van der Waals surface area contributed by atoms with Crippen LogP contribution in [0.15, 0.2) is 0 Å². The molecular formula is C14H11F17O2. The second kappa shape index (κ2) is 7.91. The first-order valence-corrected chi connectivity index (χ1v) is 7.89. The van der Waals surface area contributed by atoms with E-state index in [4.69, 9.17) is 0 Å². The number of hydrogen-bond donors (Lipinski definition) is 0. The highest BCUT2D eigenvalue weighted by Gasteiger charge is 2.96. The Bertz CT molecular complexity index is 734. The van der Waals surface area contributed by atoms with Gasteiger partial charge in [-0.3, -0.25) is 0 Å². The van der Waals surface area contributed by atoms with Gasteiger partial charge in [0.05, 0.1) is 0 Å². The summed E-state index contributed by atoms with van der Waals surface area (Å²) in [6.45, 7) is 2.38. The molecule has 0 atom stereocenters. The van der Waals surface area contributed by atoms with Gasteiger partial charge in [-0.15, -0.1) is 0 Å². The summed E-state index contributed by atoms with van der Waals surface area (Å²) in [4.78, 5) is 11.2. The smallest absolute Gasteiger partial charge is 0.455 e. The van der Waals surface area contributed by atoms with E-state index in [2.05, 4.69) is 4.74 Å². The van der Waals surface area contributed by atoms with E-state index in [0.717, 1.165) is 6.92 Å². The van der Waals surface area contributed by atoms with Crippen LogP contribution in [0, 0.1) is 0 Å². The lowest BCUT2D eigenvalue weighted by Crippen LogP contribution is -2.75. The van der Waals surface area contributed by atoms with Gasteiger partial charge in [0, 0.05) is 0 Å². The third-order valence-electron chi connectivity index (χ3n) is 4.20. The van der Waals surface area contributed by atoms with Gasteiger partial charge in [-0.2, -0.15) is 74.6 Å². The van der Waals surface area contributed by atoms with Crippen molar-refractivity contribution < 1.29 is 84.2 Å². The Labute approximate surface area is 172 Å². The molecule has 0 amide bonds. The second-order valence-corrected chi connectivity index (χ2v) is 7.02. The average molecular weight is 534 g/mol. The van der Waals surface area contributed by atoms with Gasteiger partial charge in [0.2, 0.25) is 0 Å². The van der Waals surface area contributed by atoms with E-state index < -0.39 is 65.6 Å². The zero-order valence-electron chi connectivity index (χ0n) is 15.9. The van der Waals surface area contributed by atoms with Crippen molar-refractivity contribution in [1.29, 1.82) is 0 Å². The summed E-state index contributed by atoms with van der Waals surface area (Å²) in [5.41, 5.74) is -2.19. The lowest BCUT2D eigenvalue weighted by atomic mass is 9.89. The summed E-state index contributed by atoms with van der Waals surface area (Å²) in [6.07, 6.45) is -8.35. The number of esters is 1. The van der Waals surface area contributed by atoms with E-state index in [1.54, 1.807) is 0 Å². The molecule has 19 heteroatoms. The maximum Gasteiger partial charge on any atom is 0.460 e. The fraction of sp³-hybridized carbons (Fsp3) is 0.929. The normalized spacial score (nSPS) is 16.1. The summed E-state index contributed by atoms with van der Waals surface area (Å²) >= 11 is 0. The Balaban J connectivity index is 6.74. The van der Waals surface area contributed by atoms with E-state index in [0.29, 0.717) is 13.8 Å². The summed E-state index contributed by atoms with van der Waals surface area (Å²) in [5.74, 6) is -61.9. The minimum Gasteiger partial charge on any atom is -0.455 e. The van der Waals surface area contributed by atoms with Crippen molar-refractivity contribution in [2.75, 3.05) is 0 Å². The lowest BCUT2D eigenvalue weighted by molar-refractivity contribution is -0.460. The van der Waals surface area contributed by atoms with Crippen LogP contribution in [0.25, 0.3) is 0 Å². The Morgan fingerprint density at radius 3 is 1.09 bits per heavy atom. The number of carbonyl (C=O) groups is 1. The van der Waals surface area contributed by atoms with Crippen LogP contribution < -0.4 is 0 Å². The maximum atomic E-state index is 13.6.